The maximum Gasteiger partial charge on any atom is 0.265 e. The predicted octanol–water partition coefficient (Wildman–Crippen LogP) is 2.70. The van der Waals surface area contributed by atoms with Gasteiger partial charge in [0.25, 0.3) is 10.0 Å². The van der Waals surface area contributed by atoms with Crippen LogP contribution in [-0.4, -0.2) is 31.6 Å². The van der Waals surface area contributed by atoms with Crippen LogP contribution in [0.1, 0.15) is 18.1 Å². The second-order valence-electron chi connectivity index (χ2n) is 5.15. The molecular weight excluding hydrogens is 296 g/mol. The van der Waals surface area contributed by atoms with Crippen molar-refractivity contribution < 1.29 is 8.42 Å². The first-order chi connectivity index (χ1) is 10.6. The van der Waals surface area contributed by atoms with Crippen LogP contribution in [0.5, 0.6) is 0 Å². The average molecular weight is 314 g/mol. The van der Waals surface area contributed by atoms with Gasteiger partial charge >= 0.3 is 0 Å². The zero-order chi connectivity index (χ0) is 15.6. The van der Waals surface area contributed by atoms with Crippen molar-refractivity contribution in [2.45, 2.75) is 18.2 Å². The summed E-state index contributed by atoms with van der Waals surface area (Å²) in [6.07, 6.45) is 0.890. The Bertz CT molecular complexity index is 781. The standard InChI is InChI=1S/C17H18N2O2S/c1-2-14-8-10-16(11-9-14)22(20,21)19-13-12-18-17(19)15-6-4-3-5-7-15/h3-11H,2,12-13H2,1H3. The van der Waals surface area contributed by atoms with Gasteiger partial charge in [-0.25, -0.2) is 12.7 Å². The van der Waals surface area contributed by atoms with E-state index >= 15 is 0 Å². The average Bonchev–Trinajstić information content (AvgIpc) is 3.06. The molecule has 2 aromatic rings. The quantitative estimate of drug-likeness (QED) is 0.871. The Hall–Kier alpha value is -2.14. The molecule has 22 heavy (non-hydrogen) atoms. The lowest BCUT2D eigenvalue weighted by atomic mass is 10.2. The molecule has 3 rings (SSSR count). The summed E-state index contributed by atoms with van der Waals surface area (Å²) in [5, 5.41) is 0. The number of rotatable bonds is 4. The molecule has 114 valence electrons. The number of amidine groups is 1. The molecule has 5 heteroatoms. The van der Waals surface area contributed by atoms with E-state index in [9.17, 15) is 8.42 Å². The van der Waals surface area contributed by atoms with E-state index in [1.54, 1.807) is 12.1 Å². The summed E-state index contributed by atoms with van der Waals surface area (Å²) in [7, 11) is -3.56. The molecule has 0 saturated heterocycles. The molecule has 0 atom stereocenters. The number of aliphatic imine (C=N–C) groups is 1. The zero-order valence-corrected chi connectivity index (χ0v) is 13.3. The number of aryl methyl sites for hydroxylation is 1. The predicted molar refractivity (Wildman–Crippen MR) is 87.6 cm³/mol. The highest BCUT2D eigenvalue weighted by molar-refractivity contribution is 7.89. The van der Waals surface area contributed by atoms with Crippen LogP contribution in [0.15, 0.2) is 64.5 Å². The van der Waals surface area contributed by atoms with Gasteiger partial charge in [0, 0.05) is 5.56 Å². The summed E-state index contributed by atoms with van der Waals surface area (Å²) < 4.78 is 27.1. The Morgan fingerprint density at radius 1 is 1.05 bits per heavy atom. The topological polar surface area (TPSA) is 49.7 Å². The summed E-state index contributed by atoms with van der Waals surface area (Å²) in [5.41, 5.74) is 1.95. The fourth-order valence-electron chi connectivity index (χ4n) is 2.51. The minimum atomic E-state index is -3.56. The Labute approximate surface area is 131 Å². The van der Waals surface area contributed by atoms with E-state index < -0.39 is 10.0 Å². The van der Waals surface area contributed by atoms with Crippen molar-refractivity contribution in [3.63, 3.8) is 0 Å². The maximum atomic E-state index is 12.9. The van der Waals surface area contributed by atoms with Crippen LogP contribution in [0.3, 0.4) is 0 Å². The van der Waals surface area contributed by atoms with Gasteiger partial charge in [0.15, 0.2) is 0 Å². The first-order valence-electron chi connectivity index (χ1n) is 7.34. The van der Waals surface area contributed by atoms with Gasteiger partial charge in [-0.3, -0.25) is 4.99 Å². The lowest BCUT2D eigenvalue weighted by Crippen LogP contribution is -2.34. The highest BCUT2D eigenvalue weighted by Gasteiger charge is 2.31. The largest absolute Gasteiger partial charge is 0.265 e. The van der Waals surface area contributed by atoms with Gasteiger partial charge in [0.2, 0.25) is 0 Å². The third kappa shape index (κ3) is 2.64. The highest BCUT2D eigenvalue weighted by Crippen LogP contribution is 2.22. The molecule has 0 spiro atoms. The van der Waals surface area contributed by atoms with Crippen molar-refractivity contribution in [3.8, 4) is 0 Å². The van der Waals surface area contributed by atoms with Crippen molar-refractivity contribution in [1.29, 1.82) is 0 Å². The number of sulfonamides is 1. The van der Waals surface area contributed by atoms with Crippen LogP contribution in [0, 0.1) is 0 Å². The van der Waals surface area contributed by atoms with Gasteiger partial charge in [-0.15, -0.1) is 0 Å². The molecule has 1 aliphatic rings. The number of benzene rings is 2. The summed E-state index contributed by atoms with van der Waals surface area (Å²) in [4.78, 5) is 4.69. The Morgan fingerprint density at radius 2 is 1.73 bits per heavy atom. The van der Waals surface area contributed by atoms with E-state index in [0.29, 0.717) is 23.8 Å². The van der Waals surface area contributed by atoms with E-state index in [-0.39, 0.29) is 0 Å². The molecule has 0 bridgehead atoms. The molecule has 0 radical (unpaired) electrons. The molecule has 1 aliphatic heterocycles. The molecule has 0 fully saturated rings. The molecular formula is C17H18N2O2S. The summed E-state index contributed by atoms with van der Waals surface area (Å²) in [5.74, 6) is 0.528. The number of hydrogen-bond acceptors (Lipinski definition) is 3. The van der Waals surface area contributed by atoms with Gasteiger partial charge in [-0.1, -0.05) is 49.4 Å². The van der Waals surface area contributed by atoms with E-state index in [1.165, 1.54) is 4.31 Å². The van der Waals surface area contributed by atoms with E-state index in [1.807, 2.05) is 49.4 Å². The second kappa shape index (κ2) is 5.93. The number of nitrogens with zero attached hydrogens (tertiary/aromatic N) is 2. The lowest BCUT2D eigenvalue weighted by molar-refractivity contribution is 0.538. The van der Waals surface area contributed by atoms with Crippen molar-refractivity contribution in [2.75, 3.05) is 13.1 Å². The van der Waals surface area contributed by atoms with Crippen LogP contribution in [0.4, 0.5) is 0 Å². The van der Waals surface area contributed by atoms with E-state index in [0.717, 1.165) is 17.5 Å². The van der Waals surface area contributed by atoms with Gasteiger partial charge in [0.05, 0.1) is 18.0 Å². The Morgan fingerprint density at radius 3 is 2.36 bits per heavy atom. The molecule has 4 nitrogen and oxygen atoms in total. The molecule has 0 unspecified atom stereocenters. The van der Waals surface area contributed by atoms with Crippen LogP contribution in [0.25, 0.3) is 0 Å². The van der Waals surface area contributed by atoms with Crippen LogP contribution < -0.4 is 0 Å². The van der Waals surface area contributed by atoms with E-state index in [2.05, 4.69) is 4.99 Å². The number of hydrogen-bond donors (Lipinski definition) is 0. The fourth-order valence-corrected chi connectivity index (χ4v) is 3.96. The van der Waals surface area contributed by atoms with Gasteiger partial charge < -0.3 is 0 Å². The first-order valence-corrected chi connectivity index (χ1v) is 8.78. The normalized spacial score (nSPS) is 15.0. The van der Waals surface area contributed by atoms with Crippen molar-refractivity contribution in [3.05, 3.63) is 65.7 Å². The fraction of sp³-hybridized carbons (Fsp3) is 0.235. The Kier molecular flexibility index (Phi) is 3.98. The smallest absolute Gasteiger partial charge is 0.265 e. The van der Waals surface area contributed by atoms with Crippen LogP contribution in [-0.2, 0) is 16.4 Å². The van der Waals surface area contributed by atoms with E-state index in [4.69, 9.17) is 0 Å². The lowest BCUT2D eigenvalue weighted by Gasteiger charge is -2.20. The third-order valence-electron chi connectivity index (χ3n) is 3.75. The molecule has 0 saturated carbocycles. The summed E-state index contributed by atoms with van der Waals surface area (Å²) >= 11 is 0. The summed E-state index contributed by atoms with van der Waals surface area (Å²) in [6, 6.07) is 16.5. The Balaban J connectivity index is 1.96. The highest BCUT2D eigenvalue weighted by atomic mass is 32.2. The maximum absolute atomic E-state index is 12.9. The van der Waals surface area contributed by atoms with Crippen molar-refractivity contribution >= 4 is 15.9 Å². The first kappa shape index (κ1) is 14.8. The SMILES string of the molecule is CCc1ccc(S(=O)(=O)N2CCN=C2c2ccccc2)cc1. The minimum Gasteiger partial charge on any atom is -0.265 e. The monoisotopic (exact) mass is 314 g/mol. The molecule has 0 aromatic heterocycles. The second-order valence-corrected chi connectivity index (χ2v) is 7.01. The zero-order valence-electron chi connectivity index (χ0n) is 12.4. The molecule has 0 amide bonds. The van der Waals surface area contributed by atoms with Crippen LogP contribution >= 0.6 is 0 Å². The van der Waals surface area contributed by atoms with Gasteiger partial charge in [-0.2, -0.15) is 0 Å². The van der Waals surface area contributed by atoms with Gasteiger partial charge in [-0.05, 0) is 24.1 Å². The molecule has 0 aliphatic carbocycles. The molecule has 1 heterocycles. The van der Waals surface area contributed by atoms with Crippen molar-refractivity contribution in [2.24, 2.45) is 4.99 Å². The van der Waals surface area contributed by atoms with Crippen LogP contribution in [0.2, 0.25) is 0 Å². The molecule has 0 N–H and O–H groups in total. The van der Waals surface area contributed by atoms with Crippen molar-refractivity contribution in [1.82, 2.24) is 4.31 Å². The van der Waals surface area contributed by atoms with Gasteiger partial charge in [0.1, 0.15) is 5.84 Å². The molecule has 2 aromatic carbocycles. The minimum absolute atomic E-state index is 0.315. The third-order valence-corrected chi connectivity index (χ3v) is 5.56. The summed E-state index contributed by atoms with van der Waals surface area (Å²) in [6.45, 7) is 2.93.